The standard InChI is InChI=1S/C16H18O5/c1-5-12(10-6-8-11(19-4)9-7-10)13-14(17)20-16(2,3)21-15(13)18/h6-9H,5H2,1-4H3. The van der Waals surface area contributed by atoms with Gasteiger partial charge in [0, 0.05) is 13.8 Å². The van der Waals surface area contributed by atoms with Crippen molar-refractivity contribution in [2.24, 2.45) is 0 Å². The van der Waals surface area contributed by atoms with Crippen LogP contribution in [-0.2, 0) is 19.1 Å². The van der Waals surface area contributed by atoms with E-state index in [0.717, 1.165) is 5.56 Å². The van der Waals surface area contributed by atoms with Crippen LogP contribution in [0.4, 0.5) is 0 Å². The van der Waals surface area contributed by atoms with Crippen molar-refractivity contribution in [2.75, 3.05) is 7.11 Å². The minimum absolute atomic E-state index is 0.0398. The number of ether oxygens (including phenoxy) is 3. The molecule has 5 heteroatoms. The molecule has 1 heterocycles. The number of carbonyl (C=O) groups excluding carboxylic acids is 2. The van der Waals surface area contributed by atoms with Crippen molar-refractivity contribution in [3.05, 3.63) is 35.4 Å². The molecule has 1 saturated heterocycles. The van der Waals surface area contributed by atoms with Crippen LogP contribution in [0.1, 0.15) is 32.8 Å². The Hall–Kier alpha value is -2.30. The summed E-state index contributed by atoms with van der Waals surface area (Å²) in [5, 5.41) is 0. The zero-order valence-electron chi connectivity index (χ0n) is 12.6. The first-order valence-corrected chi connectivity index (χ1v) is 6.72. The van der Waals surface area contributed by atoms with Crippen LogP contribution in [0.25, 0.3) is 5.57 Å². The summed E-state index contributed by atoms with van der Waals surface area (Å²) in [6, 6.07) is 7.14. The second-order valence-corrected chi connectivity index (χ2v) is 5.11. The number of benzene rings is 1. The van der Waals surface area contributed by atoms with Crippen molar-refractivity contribution in [3.63, 3.8) is 0 Å². The quantitative estimate of drug-likeness (QED) is 0.486. The summed E-state index contributed by atoms with van der Waals surface area (Å²) in [6.45, 7) is 4.92. The fourth-order valence-corrected chi connectivity index (χ4v) is 2.22. The van der Waals surface area contributed by atoms with E-state index in [-0.39, 0.29) is 5.57 Å². The number of hydrogen-bond donors (Lipinski definition) is 0. The number of methoxy groups -OCH3 is 1. The van der Waals surface area contributed by atoms with Crippen LogP contribution in [0.3, 0.4) is 0 Å². The van der Waals surface area contributed by atoms with Gasteiger partial charge in [0.25, 0.3) is 5.79 Å². The summed E-state index contributed by atoms with van der Waals surface area (Å²) in [6.07, 6.45) is 0.506. The summed E-state index contributed by atoms with van der Waals surface area (Å²) in [7, 11) is 1.58. The van der Waals surface area contributed by atoms with Gasteiger partial charge < -0.3 is 14.2 Å². The average Bonchev–Trinajstić information content (AvgIpc) is 2.42. The van der Waals surface area contributed by atoms with Crippen LogP contribution in [0.15, 0.2) is 29.8 Å². The Morgan fingerprint density at radius 1 is 1.10 bits per heavy atom. The predicted octanol–water partition coefficient (Wildman–Crippen LogP) is 2.69. The van der Waals surface area contributed by atoms with Crippen LogP contribution < -0.4 is 4.74 Å². The third kappa shape index (κ3) is 3.07. The molecule has 21 heavy (non-hydrogen) atoms. The van der Waals surface area contributed by atoms with Gasteiger partial charge in [-0.15, -0.1) is 0 Å². The van der Waals surface area contributed by atoms with E-state index in [1.807, 2.05) is 6.92 Å². The Morgan fingerprint density at radius 2 is 1.62 bits per heavy atom. The molecule has 0 saturated carbocycles. The van der Waals surface area contributed by atoms with Crippen LogP contribution in [-0.4, -0.2) is 24.8 Å². The van der Waals surface area contributed by atoms with Crippen molar-refractivity contribution in [1.29, 1.82) is 0 Å². The lowest BCUT2D eigenvalue weighted by molar-refractivity contribution is -0.222. The molecule has 2 rings (SSSR count). The van der Waals surface area contributed by atoms with E-state index >= 15 is 0 Å². The van der Waals surface area contributed by atoms with Crippen LogP contribution >= 0.6 is 0 Å². The molecule has 5 nitrogen and oxygen atoms in total. The summed E-state index contributed by atoms with van der Waals surface area (Å²) in [5.74, 6) is -1.82. The third-order valence-corrected chi connectivity index (χ3v) is 3.18. The third-order valence-electron chi connectivity index (χ3n) is 3.18. The van der Waals surface area contributed by atoms with E-state index in [9.17, 15) is 9.59 Å². The summed E-state index contributed by atoms with van der Waals surface area (Å²) in [5.41, 5.74) is 1.33. The molecule has 0 amide bonds. The molecule has 0 spiro atoms. The van der Waals surface area contributed by atoms with Crippen molar-refractivity contribution < 1.29 is 23.8 Å². The van der Waals surface area contributed by atoms with E-state index in [4.69, 9.17) is 14.2 Å². The summed E-state index contributed by atoms with van der Waals surface area (Å²) < 4.78 is 15.4. The van der Waals surface area contributed by atoms with Gasteiger partial charge in [0.05, 0.1) is 7.11 Å². The number of rotatable bonds is 3. The Morgan fingerprint density at radius 3 is 2.05 bits per heavy atom. The van der Waals surface area contributed by atoms with Crippen LogP contribution in [0.2, 0.25) is 0 Å². The van der Waals surface area contributed by atoms with Gasteiger partial charge in [-0.1, -0.05) is 19.1 Å². The maximum absolute atomic E-state index is 12.1. The van der Waals surface area contributed by atoms with Gasteiger partial charge in [0.2, 0.25) is 0 Å². The molecule has 1 fully saturated rings. The fourth-order valence-electron chi connectivity index (χ4n) is 2.22. The average molecular weight is 290 g/mol. The SMILES string of the molecule is CCC(=C1C(=O)OC(C)(C)OC1=O)c1ccc(OC)cc1. The van der Waals surface area contributed by atoms with Gasteiger partial charge in [-0.25, -0.2) is 9.59 Å². The predicted molar refractivity (Wildman–Crippen MR) is 76.5 cm³/mol. The highest BCUT2D eigenvalue weighted by atomic mass is 16.7. The molecule has 0 atom stereocenters. The van der Waals surface area contributed by atoms with Crippen molar-refractivity contribution in [1.82, 2.24) is 0 Å². The van der Waals surface area contributed by atoms with Crippen molar-refractivity contribution in [2.45, 2.75) is 33.0 Å². The lowest BCUT2D eigenvalue weighted by Gasteiger charge is -2.30. The highest BCUT2D eigenvalue weighted by Crippen LogP contribution is 2.31. The minimum Gasteiger partial charge on any atom is -0.497 e. The Labute approximate surface area is 123 Å². The monoisotopic (exact) mass is 290 g/mol. The van der Waals surface area contributed by atoms with Gasteiger partial charge in [0.15, 0.2) is 0 Å². The molecule has 0 bridgehead atoms. The van der Waals surface area contributed by atoms with Crippen LogP contribution in [0, 0.1) is 0 Å². The topological polar surface area (TPSA) is 61.8 Å². The van der Waals surface area contributed by atoms with Crippen molar-refractivity contribution >= 4 is 17.5 Å². The summed E-state index contributed by atoms with van der Waals surface area (Å²) in [4.78, 5) is 24.2. The zero-order chi connectivity index (χ0) is 15.6. The number of esters is 2. The van der Waals surface area contributed by atoms with E-state index < -0.39 is 17.7 Å². The number of cyclic esters (lactones) is 2. The maximum atomic E-state index is 12.1. The lowest BCUT2D eigenvalue weighted by atomic mass is 9.96. The first-order chi connectivity index (χ1) is 9.88. The molecule has 0 radical (unpaired) electrons. The minimum atomic E-state index is -1.23. The fraction of sp³-hybridized carbons (Fsp3) is 0.375. The van der Waals surface area contributed by atoms with Gasteiger partial charge in [-0.2, -0.15) is 0 Å². The second kappa shape index (κ2) is 5.60. The van der Waals surface area contributed by atoms with Crippen molar-refractivity contribution in [3.8, 4) is 5.75 Å². The molecule has 0 unspecified atom stereocenters. The molecule has 0 aromatic heterocycles. The number of carbonyl (C=O) groups is 2. The molecule has 0 aliphatic carbocycles. The molecular formula is C16H18O5. The van der Waals surface area contributed by atoms with Gasteiger partial charge >= 0.3 is 11.9 Å². The molecule has 1 aliphatic rings. The molecule has 1 aromatic carbocycles. The normalized spacial score (nSPS) is 17.0. The maximum Gasteiger partial charge on any atom is 0.349 e. The first-order valence-electron chi connectivity index (χ1n) is 6.72. The number of hydrogen-bond acceptors (Lipinski definition) is 5. The zero-order valence-corrected chi connectivity index (χ0v) is 12.6. The second-order valence-electron chi connectivity index (χ2n) is 5.11. The largest absolute Gasteiger partial charge is 0.497 e. The molecule has 112 valence electrons. The highest BCUT2D eigenvalue weighted by Gasteiger charge is 2.40. The smallest absolute Gasteiger partial charge is 0.349 e. The van der Waals surface area contributed by atoms with Crippen LogP contribution in [0.5, 0.6) is 5.75 Å². The van der Waals surface area contributed by atoms with E-state index in [1.54, 1.807) is 31.4 Å². The van der Waals surface area contributed by atoms with Gasteiger partial charge in [-0.05, 0) is 29.7 Å². The van der Waals surface area contributed by atoms with Gasteiger partial charge in [0.1, 0.15) is 11.3 Å². The van der Waals surface area contributed by atoms with Gasteiger partial charge in [-0.3, -0.25) is 0 Å². The van der Waals surface area contributed by atoms with E-state index in [1.165, 1.54) is 13.8 Å². The number of allylic oxidation sites excluding steroid dienone is 1. The summed E-state index contributed by atoms with van der Waals surface area (Å²) >= 11 is 0. The highest BCUT2D eigenvalue weighted by molar-refractivity contribution is 6.21. The molecule has 0 N–H and O–H groups in total. The Bertz CT molecular complexity index is 574. The molecular weight excluding hydrogens is 272 g/mol. The van der Waals surface area contributed by atoms with E-state index in [2.05, 4.69) is 0 Å². The Balaban J connectivity index is 2.46. The van der Waals surface area contributed by atoms with E-state index in [0.29, 0.717) is 17.7 Å². The first kappa shape index (κ1) is 15.1. The Kier molecular flexibility index (Phi) is 4.02. The molecule has 1 aromatic rings. The lowest BCUT2D eigenvalue weighted by Crippen LogP contribution is -2.42. The molecule has 1 aliphatic heterocycles.